The largest absolute Gasteiger partial charge is 0.496 e. The number of rotatable bonds is 5. The van der Waals surface area contributed by atoms with Crippen LogP contribution in [0.25, 0.3) is 10.3 Å². The summed E-state index contributed by atoms with van der Waals surface area (Å²) in [5, 5.41) is 20.7. The molecule has 0 aliphatic carbocycles. The molecule has 0 radical (unpaired) electrons. The summed E-state index contributed by atoms with van der Waals surface area (Å²) in [6.45, 7) is -0.279. The van der Waals surface area contributed by atoms with Gasteiger partial charge < -0.3 is 25.4 Å². The minimum Gasteiger partial charge on any atom is -0.496 e. The van der Waals surface area contributed by atoms with Crippen molar-refractivity contribution in [3.8, 4) is 5.75 Å². The first-order chi connectivity index (χ1) is 13.9. The van der Waals surface area contributed by atoms with Gasteiger partial charge in [0.25, 0.3) is 5.56 Å². The van der Waals surface area contributed by atoms with E-state index in [-0.39, 0.29) is 22.9 Å². The maximum absolute atomic E-state index is 12.7. The molecule has 4 rings (SSSR count). The number of nitrogens with one attached hydrogen (secondary N) is 1. The zero-order chi connectivity index (χ0) is 20.7. The Labute approximate surface area is 168 Å². The molecule has 3 heterocycles. The molecular formula is C18H20N4O6S. The Morgan fingerprint density at radius 3 is 2.93 bits per heavy atom. The normalized spacial score (nSPS) is 22.8. The van der Waals surface area contributed by atoms with Crippen molar-refractivity contribution in [1.82, 2.24) is 14.5 Å². The van der Waals surface area contributed by atoms with Crippen molar-refractivity contribution < 1.29 is 19.7 Å². The van der Waals surface area contributed by atoms with Gasteiger partial charge in [0.15, 0.2) is 5.65 Å². The highest BCUT2D eigenvalue weighted by atomic mass is 32.1. The quantitative estimate of drug-likeness (QED) is 0.462. The third kappa shape index (κ3) is 3.31. The molecule has 0 saturated carbocycles. The summed E-state index contributed by atoms with van der Waals surface area (Å²) in [7, 11) is 1.50. The van der Waals surface area contributed by atoms with E-state index in [1.165, 1.54) is 11.7 Å². The van der Waals surface area contributed by atoms with Crippen LogP contribution in [0.5, 0.6) is 5.75 Å². The third-order valence-electron chi connectivity index (χ3n) is 5.05. The lowest BCUT2D eigenvalue weighted by Gasteiger charge is -2.25. The maximum atomic E-state index is 12.7. The number of benzene rings is 1. The molecule has 1 aliphatic rings. The van der Waals surface area contributed by atoms with Crippen molar-refractivity contribution in [2.24, 2.45) is 5.92 Å². The summed E-state index contributed by atoms with van der Waals surface area (Å²) in [5.41, 5.74) is 5.75. The van der Waals surface area contributed by atoms with Gasteiger partial charge in [-0.1, -0.05) is 29.5 Å². The molecule has 1 aliphatic heterocycles. The van der Waals surface area contributed by atoms with Gasteiger partial charge in [0.2, 0.25) is 5.95 Å². The first-order valence-electron chi connectivity index (χ1n) is 8.92. The predicted octanol–water partition coefficient (Wildman–Crippen LogP) is 0.367. The van der Waals surface area contributed by atoms with Gasteiger partial charge in [0, 0.05) is 11.5 Å². The van der Waals surface area contributed by atoms with E-state index in [1.807, 2.05) is 0 Å². The molecule has 2 aromatic heterocycles. The molecule has 1 saturated heterocycles. The number of nitrogen functional groups attached to an aromatic ring is 1. The fourth-order valence-corrected chi connectivity index (χ4v) is 4.58. The lowest BCUT2D eigenvalue weighted by Crippen LogP contribution is -2.28. The van der Waals surface area contributed by atoms with Gasteiger partial charge >= 0.3 is 4.87 Å². The fraction of sp³-hybridized carbons (Fsp3) is 0.389. The first kappa shape index (κ1) is 19.6. The molecule has 154 valence electrons. The Kier molecular flexibility index (Phi) is 5.13. The van der Waals surface area contributed by atoms with Crippen molar-refractivity contribution in [3.05, 3.63) is 49.9 Å². The molecule has 0 spiro atoms. The van der Waals surface area contributed by atoms with Crippen LogP contribution < -0.4 is 20.9 Å². The van der Waals surface area contributed by atoms with Crippen LogP contribution in [0.2, 0.25) is 0 Å². The molecule has 1 unspecified atom stereocenters. The number of anilines is 1. The van der Waals surface area contributed by atoms with Crippen LogP contribution in [-0.4, -0.2) is 44.6 Å². The van der Waals surface area contributed by atoms with Gasteiger partial charge in [0.05, 0.1) is 25.9 Å². The van der Waals surface area contributed by atoms with Crippen LogP contribution in [0.4, 0.5) is 5.95 Å². The minimum absolute atomic E-state index is 0.0852. The lowest BCUT2D eigenvalue weighted by molar-refractivity contribution is -0.0500. The SMILES string of the molecule is COc1ccccc1C(O)[C@@H]1C[C@@H](CO)O[C@H]1n1c(=O)sc2c(=O)[nH]c(N)nc21. The van der Waals surface area contributed by atoms with E-state index in [9.17, 15) is 19.8 Å². The van der Waals surface area contributed by atoms with Gasteiger partial charge in [-0.3, -0.25) is 19.1 Å². The van der Waals surface area contributed by atoms with Crippen LogP contribution in [0.15, 0.2) is 33.9 Å². The number of aliphatic hydroxyl groups is 2. The summed E-state index contributed by atoms with van der Waals surface area (Å²) in [5.74, 6) is -0.235. The van der Waals surface area contributed by atoms with E-state index in [2.05, 4.69) is 9.97 Å². The van der Waals surface area contributed by atoms with Crippen molar-refractivity contribution in [2.75, 3.05) is 19.5 Å². The van der Waals surface area contributed by atoms with Crippen molar-refractivity contribution in [2.45, 2.75) is 24.9 Å². The predicted molar refractivity (Wildman–Crippen MR) is 106 cm³/mol. The van der Waals surface area contributed by atoms with Crippen LogP contribution in [0, 0.1) is 5.92 Å². The monoisotopic (exact) mass is 420 g/mol. The fourth-order valence-electron chi connectivity index (χ4n) is 3.74. The lowest BCUT2D eigenvalue weighted by atomic mass is 9.91. The van der Waals surface area contributed by atoms with E-state index in [1.54, 1.807) is 24.3 Å². The van der Waals surface area contributed by atoms with Crippen LogP contribution >= 0.6 is 11.3 Å². The molecule has 3 aromatic rings. The molecule has 0 amide bonds. The second kappa shape index (κ2) is 7.59. The number of fused-ring (bicyclic) bond motifs is 1. The molecule has 1 aromatic carbocycles. The highest BCUT2D eigenvalue weighted by molar-refractivity contribution is 7.16. The van der Waals surface area contributed by atoms with Crippen molar-refractivity contribution in [1.29, 1.82) is 0 Å². The van der Waals surface area contributed by atoms with Crippen LogP contribution in [0.1, 0.15) is 24.3 Å². The van der Waals surface area contributed by atoms with Crippen LogP contribution in [0.3, 0.4) is 0 Å². The number of aromatic amines is 1. The number of hydrogen-bond donors (Lipinski definition) is 4. The highest BCUT2D eigenvalue weighted by Crippen LogP contribution is 2.44. The minimum atomic E-state index is -1.05. The Bertz CT molecular complexity index is 1160. The molecular weight excluding hydrogens is 400 g/mol. The number of nitrogens with two attached hydrogens (primary N) is 1. The molecule has 29 heavy (non-hydrogen) atoms. The zero-order valence-corrected chi connectivity index (χ0v) is 16.3. The molecule has 0 bridgehead atoms. The first-order valence-corrected chi connectivity index (χ1v) is 9.74. The Morgan fingerprint density at radius 1 is 1.45 bits per heavy atom. The van der Waals surface area contributed by atoms with E-state index >= 15 is 0 Å². The van der Waals surface area contributed by atoms with Gasteiger partial charge in [-0.2, -0.15) is 4.98 Å². The highest BCUT2D eigenvalue weighted by Gasteiger charge is 2.43. The van der Waals surface area contributed by atoms with Gasteiger partial charge in [-0.05, 0) is 12.5 Å². The average Bonchev–Trinajstić information content (AvgIpc) is 3.27. The Balaban J connectivity index is 1.84. The Morgan fingerprint density at radius 2 is 2.21 bits per heavy atom. The molecule has 5 N–H and O–H groups in total. The molecule has 11 heteroatoms. The van der Waals surface area contributed by atoms with Gasteiger partial charge in [0.1, 0.15) is 16.7 Å². The number of ether oxygens (including phenoxy) is 2. The third-order valence-corrected chi connectivity index (χ3v) is 5.99. The van der Waals surface area contributed by atoms with Gasteiger partial charge in [-0.15, -0.1) is 0 Å². The molecule has 1 fully saturated rings. The number of aliphatic hydroxyl groups excluding tert-OH is 2. The number of nitrogens with zero attached hydrogens (tertiary/aromatic N) is 2. The summed E-state index contributed by atoms with van der Waals surface area (Å²) >= 11 is 0.724. The van der Waals surface area contributed by atoms with Crippen LogP contribution in [-0.2, 0) is 4.74 Å². The number of para-hydroxylation sites is 1. The average molecular weight is 420 g/mol. The summed E-state index contributed by atoms with van der Waals surface area (Å²) in [4.78, 5) is 30.9. The van der Waals surface area contributed by atoms with Crippen molar-refractivity contribution >= 4 is 27.6 Å². The Hall–Kier alpha value is -2.73. The van der Waals surface area contributed by atoms with Crippen molar-refractivity contribution in [3.63, 3.8) is 0 Å². The number of methoxy groups -OCH3 is 1. The summed E-state index contributed by atoms with van der Waals surface area (Å²) < 4.78 is 12.6. The summed E-state index contributed by atoms with van der Waals surface area (Å²) in [6, 6.07) is 7.00. The standard InChI is InChI=1S/C18H20N4O6S/c1-27-11-5-3-2-4-9(11)12(24)10-6-8(7-23)28-16(10)22-14-13(29-18(22)26)15(25)21-17(19)20-14/h2-5,8,10,12,16,23-24H,6-7H2,1H3,(H3,19,20,21,25)/t8-,10-,12?,16+/m0/s1. The molecule has 4 atom stereocenters. The summed E-state index contributed by atoms with van der Waals surface area (Å²) in [6.07, 6.45) is -2.28. The number of H-pyrrole nitrogens is 1. The molecule has 10 nitrogen and oxygen atoms in total. The smallest absolute Gasteiger partial charge is 0.311 e. The number of thiazole rings is 1. The number of aromatic nitrogens is 3. The number of hydrogen-bond acceptors (Lipinski definition) is 9. The second-order valence-corrected chi connectivity index (χ2v) is 7.72. The maximum Gasteiger partial charge on any atom is 0.311 e. The zero-order valence-electron chi connectivity index (χ0n) is 15.4. The topological polar surface area (TPSA) is 153 Å². The van der Waals surface area contributed by atoms with E-state index in [0.717, 1.165) is 11.3 Å². The second-order valence-electron chi connectivity index (χ2n) is 6.76. The van der Waals surface area contributed by atoms with E-state index in [0.29, 0.717) is 17.7 Å². The van der Waals surface area contributed by atoms with E-state index in [4.69, 9.17) is 15.2 Å². The van der Waals surface area contributed by atoms with E-state index < -0.39 is 34.8 Å². The van der Waals surface area contributed by atoms with Gasteiger partial charge in [-0.25, -0.2) is 0 Å².